The molecule has 0 aromatic carbocycles. The lowest BCUT2D eigenvalue weighted by molar-refractivity contribution is -0.135. The largest absolute Gasteiger partial charge is 0.325 e. The Bertz CT molecular complexity index is 859. The maximum Gasteiger partial charge on any atom is 0.123 e. The van der Waals surface area contributed by atoms with E-state index in [1.54, 1.807) is 0 Å². The first-order chi connectivity index (χ1) is 13.3. The van der Waals surface area contributed by atoms with Crippen LogP contribution >= 0.6 is 0 Å². The Balaban J connectivity index is 1.92. The van der Waals surface area contributed by atoms with Gasteiger partial charge in [-0.1, -0.05) is 70.2 Å². The van der Waals surface area contributed by atoms with Crippen LogP contribution in [0.5, 0.6) is 0 Å². The third kappa shape index (κ3) is 1.98. The molecule has 0 spiro atoms. The van der Waals surface area contributed by atoms with Crippen LogP contribution in [0.1, 0.15) is 73.1 Å². The Labute approximate surface area is 178 Å². The molecule has 0 aliphatic heterocycles. The molecule has 0 amide bonds. The van der Waals surface area contributed by atoms with Gasteiger partial charge in [-0.25, -0.2) is 4.39 Å². The summed E-state index contributed by atoms with van der Waals surface area (Å²) in [4.78, 5) is 0. The lowest BCUT2D eigenvalue weighted by atomic mass is 9.30. The summed E-state index contributed by atoms with van der Waals surface area (Å²) in [5.41, 5.74) is 8.23. The van der Waals surface area contributed by atoms with Gasteiger partial charge in [0.05, 0.1) is 0 Å². The summed E-state index contributed by atoms with van der Waals surface area (Å²) < 4.78 is 17.5. The van der Waals surface area contributed by atoms with Gasteiger partial charge in [0.2, 0.25) is 0 Å². The van der Waals surface area contributed by atoms with E-state index < -0.39 is 21.9 Å². The molecule has 4 aliphatic carbocycles. The molecule has 1 nitrogen and oxygen atoms in total. The third-order valence-corrected chi connectivity index (χ3v) is 11.1. The minimum Gasteiger partial charge on any atom is -0.325 e. The van der Waals surface area contributed by atoms with Crippen molar-refractivity contribution in [3.63, 3.8) is 0 Å². The minimum atomic E-state index is -1.35. The molecule has 4 rings (SSSR count). The molecule has 0 bridgehead atoms. The van der Waals surface area contributed by atoms with Crippen LogP contribution in [0.15, 0.2) is 48.1 Å². The summed E-state index contributed by atoms with van der Waals surface area (Å²) in [5, 5.41) is -0.581. The van der Waals surface area contributed by atoms with Gasteiger partial charge in [0.25, 0.3) is 0 Å². The summed E-state index contributed by atoms with van der Waals surface area (Å²) in [6.45, 7) is 19.9. The van der Waals surface area contributed by atoms with Crippen molar-refractivity contribution in [2.75, 3.05) is 0 Å². The second-order valence-corrected chi connectivity index (χ2v) is 11.5. The summed E-state index contributed by atoms with van der Waals surface area (Å²) in [6, 6.07) is 0. The molecule has 158 valence electrons. The number of allylic oxidation sites excluding steroid dienone is 6. The van der Waals surface area contributed by atoms with E-state index in [0.717, 1.165) is 37.7 Å². The monoisotopic (exact) mass is 395 g/mol. The highest BCUT2D eigenvalue weighted by Crippen LogP contribution is 2.80. The van der Waals surface area contributed by atoms with Crippen LogP contribution < -0.4 is 5.73 Å². The quantitative estimate of drug-likeness (QED) is 0.461. The van der Waals surface area contributed by atoms with E-state index in [-0.39, 0.29) is 10.8 Å². The predicted octanol–water partition coefficient (Wildman–Crippen LogP) is 5.85. The molecule has 0 aromatic heterocycles. The molecule has 29 heavy (non-hydrogen) atoms. The summed E-state index contributed by atoms with van der Waals surface area (Å²) in [7, 11) is 2.18. The van der Waals surface area contributed by atoms with Crippen molar-refractivity contribution in [2.24, 2.45) is 27.9 Å². The highest BCUT2D eigenvalue weighted by atomic mass is 19.1. The lowest BCUT2D eigenvalue weighted by Gasteiger charge is -2.71. The molecule has 0 heterocycles. The number of alkyl halides is 1. The average Bonchev–Trinajstić information content (AvgIpc) is 2.84. The van der Waals surface area contributed by atoms with Crippen LogP contribution in [0.2, 0.25) is 5.31 Å². The van der Waals surface area contributed by atoms with E-state index in [1.165, 1.54) is 11.1 Å². The van der Waals surface area contributed by atoms with Crippen molar-refractivity contribution in [2.45, 2.75) is 89.7 Å². The summed E-state index contributed by atoms with van der Waals surface area (Å²) >= 11 is 0. The van der Waals surface area contributed by atoms with E-state index in [4.69, 9.17) is 5.73 Å². The fourth-order valence-electron chi connectivity index (χ4n) is 8.55. The van der Waals surface area contributed by atoms with Gasteiger partial charge in [0.1, 0.15) is 13.5 Å². The molecule has 4 aliphatic rings. The van der Waals surface area contributed by atoms with Crippen LogP contribution in [0.3, 0.4) is 0 Å². The zero-order valence-corrected chi connectivity index (χ0v) is 19.4. The van der Waals surface area contributed by atoms with Crippen molar-refractivity contribution in [1.29, 1.82) is 0 Å². The molecule has 7 atom stereocenters. The topological polar surface area (TPSA) is 26.0 Å². The van der Waals surface area contributed by atoms with Gasteiger partial charge in [-0.15, -0.1) is 0 Å². The van der Waals surface area contributed by atoms with Gasteiger partial charge in [-0.05, 0) is 73.1 Å². The van der Waals surface area contributed by atoms with Crippen LogP contribution in [0.4, 0.5) is 4.39 Å². The highest BCUT2D eigenvalue weighted by molar-refractivity contribution is 6.18. The second kappa shape index (κ2) is 5.78. The van der Waals surface area contributed by atoms with Crippen molar-refractivity contribution >= 4 is 7.85 Å². The second-order valence-electron chi connectivity index (χ2n) is 11.5. The Morgan fingerprint density at radius 3 is 2.55 bits per heavy atom. The van der Waals surface area contributed by atoms with E-state index in [2.05, 4.69) is 67.8 Å². The minimum absolute atomic E-state index is 0.0610. The molecule has 0 radical (unpaired) electrons. The first-order valence-corrected chi connectivity index (χ1v) is 11.5. The molecule has 2 N–H and O–H groups in total. The molecule has 0 aromatic rings. The normalized spacial score (nSPS) is 53.7. The van der Waals surface area contributed by atoms with Crippen LogP contribution in [-0.4, -0.2) is 19.1 Å². The zero-order valence-electron chi connectivity index (χ0n) is 19.4. The number of halogens is 1. The van der Waals surface area contributed by atoms with Crippen molar-refractivity contribution in [1.82, 2.24) is 0 Å². The number of rotatable bonds is 2. The van der Waals surface area contributed by atoms with Gasteiger partial charge in [-0.2, -0.15) is 0 Å². The van der Waals surface area contributed by atoms with Crippen LogP contribution in [0.25, 0.3) is 0 Å². The van der Waals surface area contributed by atoms with Gasteiger partial charge in [-0.3, -0.25) is 0 Å². The van der Waals surface area contributed by atoms with Crippen LogP contribution in [0, 0.1) is 22.2 Å². The number of fused-ring (bicyclic) bond motifs is 5. The van der Waals surface area contributed by atoms with E-state index in [1.807, 2.05) is 6.08 Å². The molecule has 0 saturated heterocycles. The van der Waals surface area contributed by atoms with E-state index in [0.29, 0.717) is 12.3 Å². The molecule has 3 saturated carbocycles. The third-order valence-electron chi connectivity index (χ3n) is 11.1. The van der Waals surface area contributed by atoms with Crippen molar-refractivity contribution in [3.05, 3.63) is 48.1 Å². The maximum absolute atomic E-state index is 17.5. The Morgan fingerprint density at radius 2 is 1.93 bits per heavy atom. The van der Waals surface area contributed by atoms with Gasteiger partial charge >= 0.3 is 0 Å². The Morgan fingerprint density at radius 1 is 1.28 bits per heavy atom. The highest BCUT2D eigenvalue weighted by Gasteiger charge is 2.79. The first-order valence-electron chi connectivity index (χ1n) is 11.5. The smallest absolute Gasteiger partial charge is 0.123 e. The molecule has 3 fully saturated rings. The lowest BCUT2D eigenvalue weighted by Crippen LogP contribution is -2.75. The number of hydrogen-bond donors (Lipinski definition) is 1. The standard InChI is InChI=1S/C26H39BFN/c1-8-18(3)23(7)19(4)16-26(29)22(23,6)13-14-25(28)21(5)11-9-17(2)15-20(21)10-12-24(25,26)27/h9,11,15,19H,2-3,8,10,12-14,16,27,29H2,1,4-7H3/t19-,21?,22?,23+,24?,25+,26+/m1/s1. The number of hydrogen-bond acceptors (Lipinski definition) is 1. The van der Waals surface area contributed by atoms with E-state index in [9.17, 15) is 0 Å². The average molecular weight is 395 g/mol. The van der Waals surface area contributed by atoms with Crippen molar-refractivity contribution in [3.8, 4) is 0 Å². The summed E-state index contributed by atoms with van der Waals surface area (Å²) in [5.74, 6) is 0.399. The van der Waals surface area contributed by atoms with Gasteiger partial charge in [0, 0.05) is 11.0 Å². The Hall–Kier alpha value is -1.09. The molecular weight excluding hydrogens is 356 g/mol. The maximum atomic E-state index is 17.5. The molecule has 3 heteroatoms. The van der Waals surface area contributed by atoms with Crippen molar-refractivity contribution < 1.29 is 4.39 Å². The SMILES string of the molecule is BC12CCC3=CC(=C)C=CC3(C)[C@@]1(F)CCC1(C)[C@@]2(N)C[C@@H](C)[C@]1(C)C(=C)CC. The Kier molecular flexibility index (Phi) is 4.22. The first kappa shape index (κ1) is 21.2. The van der Waals surface area contributed by atoms with Crippen LogP contribution in [-0.2, 0) is 0 Å². The van der Waals surface area contributed by atoms with Gasteiger partial charge in [0.15, 0.2) is 0 Å². The fourth-order valence-corrected chi connectivity index (χ4v) is 8.55. The van der Waals surface area contributed by atoms with E-state index >= 15 is 4.39 Å². The molecule has 3 unspecified atom stereocenters. The zero-order chi connectivity index (χ0) is 21.7. The molecular formula is C26H39BFN. The van der Waals surface area contributed by atoms with Gasteiger partial charge < -0.3 is 5.73 Å². The number of nitrogens with two attached hydrogens (primary N) is 1. The fraction of sp³-hybridized carbons (Fsp3) is 0.692. The summed E-state index contributed by atoms with van der Waals surface area (Å²) in [6.07, 6.45) is 11.1. The predicted molar refractivity (Wildman–Crippen MR) is 124 cm³/mol.